The minimum atomic E-state index is -0.0338. The van der Waals surface area contributed by atoms with Gasteiger partial charge in [0.05, 0.1) is 12.1 Å². The summed E-state index contributed by atoms with van der Waals surface area (Å²) in [5.41, 5.74) is 2.92. The molecule has 1 aliphatic carbocycles. The summed E-state index contributed by atoms with van der Waals surface area (Å²) in [5.74, 6) is 1.67. The third-order valence-electron chi connectivity index (χ3n) is 5.65. The largest absolute Gasteiger partial charge is 0.392 e. The van der Waals surface area contributed by atoms with Crippen molar-refractivity contribution >= 4 is 22.6 Å². The molecule has 1 heterocycles. The number of benzene rings is 1. The quantitative estimate of drug-likeness (QED) is 0.885. The number of anilines is 1. The molecule has 1 atom stereocenters. The molecular formula is C21H28N2O2. The van der Waals surface area contributed by atoms with Gasteiger partial charge in [0.25, 0.3) is 0 Å². The van der Waals surface area contributed by atoms with E-state index in [0.717, 1.165) is 35.1 Å². The molecule has 1 aliphatic rings. The molecule has 2 aromatic rings. The number of amides is 1. The number of aromatic nitrogens is 1. The van der Waals surface area contributed by atoms with Gasteiger partial charge in [-0.25, -0.2) is 4.98 Å². The number of rotatable bonds is 5. The maximum absolute atomic E-state index is 12.9. The Morgan fingerprint density at radius 2 is 2.00 bits per heavy atom. The Morgan fingerprint density at radius 3 is 2.56 bits per heavy atom. The molecule has 1 saturated carbocycles. The highest BCUT2D eigenvalue weighted by molar-refractivity contribution is 5.96. The van der Waals surface area contributed by atoms with Crippen LogP contribution >= 0.6 is 0 Å². The van der Waals surface area contributed by atoms with Crippen LogP contribution in [-0.4, -0.2) is 23.0 Å². The summed E-state index contributed by atoms with van der Waals surface area (Å²) in [6.07, 6.45) is 3.54. The van der Waals surface area contributed by atoms with Gasteiger partial charge >= 0.3 is 0 Å². The molecule has 1 N–H and O–H groups in total. The monoisotopic (exact) mass is 340 g/mol. The van der Waals surface area contributed by atoms with E-state index < -0.39 is 0 Å². The Labute approximate surface area is 149 Å². The van der Waals surface area contributed by atoms with Crippen molar-refractivity contribution in [2.75, 3.05) is 11.9 Å². The molecule has 0 bridgehead atoms. The van der Waals surface area contributed by atoms with Crippen LogP contribution in [0.4, 0.5) is 5.82 Å². The van der Waals surface area contributed by atoms with Gasteiger partial charge < -0.3 is 5.11 Å². The number of aliphatic hydroxyl groups is 1. The molecule has 3 rings (SSSR count). The molecule has 4 nitrogen and oxygen atoms in total. The number of pyridine rings is 1. The van der Waals surface area contributed by atoms with Crippen molar-refractivity contribution in [3.63, 3.8) is 0 Å². The van der Waals surface area contributed by atoms with E-state index in [1.54, 1.807) is 4.90 Å². The third kappa shape index (κ3) is 3.40. The van der Waals surface area contributed by atoms with Gasteiger partial charge in [-0.05, 0) is 54.0 Å². The fraction of sp³-hybridized carbons (Fsp3) is 0.524. The summed E-state index contributed by atoms with van der Waals surface area (Å²) in [6.45, 7) is 6.17. The van der Waals surface area contributed by atoms with Gasteiger partial charge in [0.2, 0.25) is 5.91 Å². The Balaban J connectivity index is 2.07. The molecule has 0 saturated heterocycles. The van der Waals surface area contributed by atoms with E-state index >= 15 is 0 Å². The smallest absolute Gasteiger partial charge is 0.230 e. The van der Waals surface area contributed by atoms with Crippen LogP contribution in [0.1, 0.15) is 57.1 Å². The zero-order chi connectivity index (χ0) is 18.1. The van der Waals surface area contributed by atoms with Crippen LogP contribution in [0, 0.1) is 11.8 Å². The van der Waals surface area contributed by atoms with Crippen LogP contribution in [0.15, 0.2) is 24.3 Å². The standard InChI is InChI=1S/C21H28N2O2/c1-13(2)14(3)21(25)23(4)20-18(16-6-5-7-16)11-17-10-15(12-24)8-9-19(17)22-20/h8-11,13-14,16,24H,5-7,12H2,1-4H3/t14-/m0/s1. The number of carbonyl (C=O) groups is 1. The number of nitrogens with zero attached hydrogens (tertiary/aromatic N) is 2. The second-order valence-corrected chi connectivity index (χ2v) is 7.64. The van der Waals surface area contributed by atoms with Gasteiger partial charge in [0.1, 0.15) is 5.82 Å². The fourth-order valence-corrected chi connectivity index (χ4v) is 3.31. The van der Waals surface area contributed by atoms with Crippen molar-refractivity contribution in [1.82, 2.24) is 4.98 Å². The van der Waals surface area contributed by atoms with E-state index in [0.29, 0.717) is 11.8 Å². The second-order valence-electron chi connectivity index (χ2n) is 7.64. The number of hydrogen-bond donors (Lipinski definition) is 1. The van der Waals surface area contributed by atoms with Crippen molar-refractivity contribution in [2.45, 2.75) is 52.6 Å². The lowest BCUT2D eigenvalue weighted by atomic mass is 9.79. The first kappa shape index (κ1) is 17.9. The molecule has 1 aromatic heterocycles. The van der Waals surface area contributed by atoms with Crippen LogP contribution in [0.5, 0.6) is 0 Å². The van der Waals surface area contributed by atoms with E-state index in [4.69, 9.17) is 4.98 Å². The Kier molecular flexibility index (Phi) is 5.09. The molecule has 0 aliphatic heterocycles. The normalized spacial score (nSPS) is 16.1. The lowest BCUT2D eigenvalue weighted by Crippen LogP contribution is -2.35. The molecule has 1 aromatic carbocycles. The van der Waals surface area contributed by atoms with Gasteiger partial charge in [-0.2, -0.15) is 0 Å². The number of carbonyl (C=O) groups excluding carboxylic acids is 1. The van der Waals surface area contributed by atoms with Crippen molar-refractivity contribution in [2.24, 2.45) is 11.8 Å². The van der Waals surface area contributed by atoms with Crippen LogP contribution < -0.4 is 4.90 Å². The van der Waals surface area contributed by atoms with Gasteiger partial charge in [0.15, 0.2) is 0 Å². The maximum Gasteiger partial charge on any atom is 0.230 e. The summed E-state index contributed by atoms with van der Waals surface area (Å²) in [5, 5.41) is 10.4. The predicted octanol–water partition coefficient (Wildman–Crippen LogP) is 4.25. The zero-order valence-electron chi connectivity index (χ0n) is 15.6. The molecule has 25 heavy (non-hydrogen) atoms. The van der Waals surface area contributed by atoms with Crippen molar-refractivity contribution < 1.29 is 9.90 Å². The summed E-state index contributed by atoms with van der Waals surface area (Å²) in [4.78, 5) is 19.4. The minimum absolute atomic E-state index is 0.0285. The summed E-state index contributed by atoms with van der Waals surface area (Å²) < 4.78 is 0. The first-order chi connectivity index (χ1) is 11.9. The lowest BCUT2D eigenvalue weighted by molar-refractivity contribution is -0.122. The van der Waals surface area contributed by atoms with E-state index in [9.17, 15) is 9.90 Å². The molecule has 0 spiro atoms. The fourth-order valence-electron chi connectivity index (χ4n) is 3.31. The highest BCUT2D eigenvalue weighted by atomic mass is 16.3. The molecular weight excluding hydrogens is 312 g/mol. The summed E-state index contributed by atoms with van der Waals surface area (Å²) in [6, 6.07) is 7.98. The van der Waals surface area contributed by atoms with E-state index in [-0.39, 0.29) is 18.4 Å². The van der Waals surface area contributed by atoms with Crippen LogP contribution in [0.25, 0.3) is 10.9 Å². The highest BCUT2D eigenvalue weighted by Gasteiger charge is 2.29. The van der Waals surface area contributed by atoms with E-state index in [1.165, 1.54) is 12.0 Å². The van der Waals surface area contributed by atoms with Gasteiger partial charge in [0, 0.05) is 18.4 Å². The lowest BCUT2D eigenvalue weighted by Gasteiger charge is -2.31. The van der Waals surface area contributed by atoms with E-state index in [2.05, 4.69) is 19.9 Å². The highest BCUT2D eigenvalue weighted by Crippen LogP contribution is 2.41. The summed E-state index contributed by atoms with van der Waals surface area (Å²) >= 11 is 0. The van der Waals surface area contributed by atoms with Crippen molar-refractivity contribution in [1.29, 1.82) is 0 Å². The average molecular weight is 340 g/mol. The minimum Gasteiger partial charge on any atom is -0.392 e. The average Bonchev–Trinajstić information content (AvgIpc) is 2.57. The maximum atomic E-state index is 12.9. The molecule has 1 fully saturated rings. The number of fused-ring (bicyclic) bond motifs is 1. The van der Waals surface area contributed by atoms with Gasteiger partial charge in [-0.3, -0.25) is 9.69 Å². The van der Waals surface area contributed by atoms with Crippen LogP contribution in [0.2, 0.25) is 0 Å². The summed E-state index contributed by atoms with van der Waals surface area (Å²) in [7, 11) is 1.85. The van der Waals surface area contributed by atoms with Crippen LogP contribution in [0.3, 0.4) is 0 Å². The zero-order valence-corrected chi connectivity index (χ0v) is 15.6. The molecule has 1 amide bonds. The van der Waals surface area contributed by atoms with Crippen molar-refractivity contribution in [3.05, 3.63) is 35.4 Å². The van der Waals surface area contributed by atoms with Gasteiger partial charge in [-0.15, -0.1) is 0 Å². The number of aliphatic hydroxyl groups excluding tert-OH is 1. The van der Waals surface area contributed by atoms with E-state index in [1.807, 2.05) is 32.2 Å². The molecule has 4 heteroatoms. The molecule has 0 unspecified atom stereocenters. The Hall–Kier alpha value is -1.94. The second kappa shape index (κ2) is 7.12. The van der Waals surface area contributed by atoms with Gasteiger partial charge in [-0.1, -0.05) is 33.3 Å². The molecule has 134 valence electrons. The first-order valence-corrected chi connectivity index (χ1v) is 9.24. The van der Waals surface area contributed by atoms with Crippen molar-refractivity contribution in [3.8, 4) is 0 Å². The topological polar surface area (TPSA) is 53.4 Å². The SMILES string of the molecule is CC(C)[C@H](C)C(=O)N(C)c1nc2ccc(CO)cc2cc1C1CCC1. The number of hydrogen-bond acceptors (Lipinski definition) is 3. The first-order valence-electron chi connectivity index (χ1n) is 9.24. The molecule has 0 radical (unpaired) electrons. The third-order valence-corrected chi connectivity index (χ3v) is 5.65. The Morgan fingerprint density at radius 1 is 1.28 bits per heavy atom. The van der Waals surface area contributed by atoms with Crippen LogP contribution in [-0.2, 0) is 11.4 Å². The predicted molar refractivity (Wildman–Crippen MR) is 102 cm³/mol. The Bertz CT molecular complexity index is 781.